The van der Waals surface area contributed by atoms with Gasteiger partial charge in [0, 0.05) is 30.6 Å². The topological polar surface area (TPSA) is 62.2 Å². The number of rotatable bonds is 5. The van der Waals surface area contributed by atoms with E-state index in [9.17, 15) is 4.79 Å². The van der Waals surface area contributed by atoms with Gasteiger partial charge in [-0.2, -0.15) is 0 Å². The first kappa shape index (κ1) is 12.3. The van der Waals surface area contributed by atoms with Crippen LogP contribution in [0.25, 0.3) is 11.1 Å². The summed E-state index contributed by atoms with van der Waals surface area (Å²) in [5.74, 6) is -0.850. The standard InChI is InChI=1S/C14H13N2O2/c17-14(18)10-16-8-11-3-5-12(6-4-11)13-2-1-7-15-9-13/h2-7,9,16H,8,10H2,(H,17,18). The van der Waals surface area contributed by atoms with E-state index in [2.05, 4.69) is 16.4 Å². The molecule has 91 valence electrons. The summed E-state index contributed by atoms with van der Waals surface area (Å²) < 4.78 is 0. The van der Waals surface area contributed by atoms with Crippen molar-refractivity contribution in [3.05, 3.63) is 54.4 Å². The van der Waals surface area contributed by atoms with E-state index in [-0.39, 0.29) is 6.54 Å². The van der Waals surface area contributed by atoms with Crippen molar-refractivity contribution in [1.29, 1.82) is 0 Å². The molecule has 2 N–H and O–H groups in total. The van der Waals surface area contributed by atoms with Crippen molar-refractivity contribution in [3.63, 3.8) is 0 Å². The lowest BCUT2D eigenvalue weighted by Crippen LogP contribution is -2.21. The molecule has 1 radical (unpaired) electrons. The van der Waals surface area contributed by atoms with E-state index in [1.165, 1.54) is 0 Å². The SMILES string of the molecule is O=C(O)CNCc1ccc(-c2c[c]cnc2)cc1. The molecule has 0 aliphatic heterocycles. The van der Waals surface area contributed by atoms with Gasteiger partial charge >= 0.3 is 5.97 Å². The van der Waals surface area contributed by atoms with Crippen LogP contribution in [0.3, 0.4) is 0 Å². The Hall–Kier alpha value is -2.20. The van der Waals surface area contributed by atoms with Crippen molar-refractivity contribution >= 4 is 5.97 Å². The van der Waals surface area contributed by atoms with Crippen molar-refractivity contribution in [2.45, 2.75) is 6.54 Å². The summed E-state index contributed by atoms with van der Waals surface area (Å²) in [5.41, 5.74) is 3.14. The summed E-state index contributed by atoms with van der Waals surface area (Å²) in [4.78, 5) is 14.4. The Morgan fingerprint density at radius 2 is 2.06 bits per heavy atom. The number of benzene rings is 1. The van der Waals surface area contributed by atoms with Crippen LogP contribution < -0.4 is 5.32 Å². The molecule has 4 nitrogen and oxygen atoms in total. The largest absolute Gasteiger partial charge is 0.480 e. The summed E-state index contributed by atoms with van der Waals surface area (Å²) in [7, 11) is 0. The second kappa shape index (κ2) is 5.93. The molecule has 1 aromatic carbocycles. The van der Waals surface area contributed by atoms with E-state index in [0.29, 0.717) is 6.54 Å². The van der Waals surface area contributed by atoms with E-state index in [0.717, 1.165) is 16.7 Å². The molecule has 0 unspecified atom stereocenters. The van der Waals surface area contributed by atoms with Crippen molar-refractivity contribution in [2.75, 3.05) is 6.54 Å². The van der Waals surface area contributed by atoms with E-state index in [4.69, 9.17) is 5.11 Å². The quantitative estimate of drug-likeness (QED) is 0.836. The maximum atomic E-state index is 10.4. The number of pyridine rings is 1. The molecule has 1 aromatic heterocycles. The molecule has 2 aromatic rings. The molecule has 0 saturated heterocycles. The minimum atomic E-state index is -0.850. The summed E-state index contributed by atoms with van der Waals surface area (Å²) in [6.45, 7) is 0.519. The van der Waals surface area contributed by atoms with Gasteiger partial charge in [0.2, 0.25) is 0 Å². The van der Waals surface area contributed by atoms with Crippen molar-refractivity contribution < 1.29 is 9.90 Å². The van der Waals surface area contributed by atoms with Gasteiger partial charge in [-0.05, 0) is 17.2 Å². The highest BCUT2D eigenvalue weighted by Gasteiger charge is 1.99. The monoisotopic (exact) mass is 241 g/mol. The van der Waals surface area contributed by atoms with Crippen LogP contribution in [0, 0.1) is 6.07 Å². The lowest BCUT2D eigenvalue weighted by molar-refractivity contribution is -0.135. The lowest BCUT2D eigenvalue weighted by atomic mass is 10.1. The first-order chi connectivity index (χ1) is 8.75. The fraction of sp³-hybridized carbons (Fsp3) is 0.143. The Morgan fingerprint density at radius 3 is 2.67 bits per heavy atom. The average Bonchev–Trinajstić information content (AvgIpc) is 2.40. The Morgan fingerprint density at radius 1 is 1.28 bits per heavy atom. The smallest absolute Gasteiger partial charge is 0.317 e. The Bertz CT molecular complexity index is 509. The third-order valence-electron chi connectivity index (χ3n) is 2.49. The number of carboxylic acid groups (broad SMARTS) is 1. The Labute approximate surface area is 105 Å². The predicted molar refractivity (Wildman–Crippen MR) is 67.9 cm³/mol. The summed E-state index contributed by atoms with van der Waals surface area (Å²) in [5, 5.41) is 11.4. The van der Waals surface area contributed by atoms with Gasteiger partial charge in [-0.1, -0.05) is 24.3 Å². The number of aromatic nitrogens is 1. The van der Waals surface area contributed by atoms with Crippen molar-refractivity contribution in [3.8, 4) is 11.1 Å². The number of hydrogen-bond donors (Lipinski definition) is 2. The molecule has 1 heterocycles. The zero-order chi connectivity index (χ0) is 12.8. The van der Waals surface area contributed by atoms with E-state index < -0.39 is 5.97 Å². The Balaban J connectivity index is 2.00. The number of aliphatic carboxylic acids is 1. The van der Waals surface area contributed by atoms with Gasteiger partial charge in [0.25, 0.3) is 0 Å². The first-order valence-corrected chi connectivity index (χ1v) is 5.58. The van der Waals surface area contributed by atoms with Gasteiger partial charge in [-0.3, -0.25) is 9.78 Å². The molecule has 0 saturated carbocycles. The van der Waals surface area contributed by atoms with Gasteiger partial charge in [-0.15, -0.1) is 0 Å². The summed E-state index contributed by atoms with van der Waals surface area (Å²) in [6, 6.07) is 12.7. The summed E-state index contributed by atoms with van der Waals surface area (Å²) >= 11 is 0. The molecule has 0 amide bonds. The number of carboxylic acids is 1. The molecule has 0 bridgehead atoms. The average molecular weight is 241 g/mol. The molecular formula is C14H13N2O2. The second-order valence-electron chi connectivity index (χ2n) is 3.87. The maximum absolute atomic E-state index is 10.4. The van der Waals surface area contributed by atoms with Crippen molar-refractivity contribution in [2.24, 2.45) is 0 Å². The van der Waals surface area contributed by atoms with E-state index in [1.54, 1.807) is 12.4 Å². The molecule has 2 rings (SSSR count). The van der Waals surface area contributed by atoms with Crippen LogP contribution in [-0.4, -0.2) is 22.6 Å². The van der Waals surface area contributed by atoms with Gasteiger partial charge in [0.1, 0.15) is 0 Å². The zero-order valence-corrected chi connectivity index (χ0v) is 9.76. The van der Waals surface area contributed by atoms with Crippen LogP contribution in [0.15, 0.2) is 42.7 Å². The maximum Gasteiger partial charge on any atom is 0.317 e. The predicted octanol–water partition coefficient (Wildman–Crippen LogP) is 1.72. The molecule has 18 heavy (non-hydrogen) atoms. The minimum absolute atomic E-state index is 0.0285. The van der Waals surface area contributed by atoms with Crippen LogP contribution in [0.4, 0.5) is 0 Å². The first-order valence-electron chi connectivity index (χ1n) is 5.58. The lowest BCUT2D eigenvalue weighted by Gasteiger charge is -2.04. The van der Waals surface area contributed by atoms with Crippen LogP contribution >= 0.6 is 0 Å². The normalized spacial score (nSPS) is 10.2. The van der Waals surface area contributed by atoms with Crippen molar-refractivity contribution in [1.82, 2.24) is 10.3 Å². The molecule has 0 spiro atoms. The minimum Gasteiger partial charge on any atom is -0.480 e. The third kappa shape index (κ3) is 3.40. The second-order valence-corrected chi connectivity index (χ2v) is 3.87. The number of nitrogens with one attached hydrogen (secondary N) is 1. The molecule has 4 heteroatoms. The van der Waals surface area contributed by atoms with Gasteiger partial charge in [-0.25, -0.2) is 0 Å². The van der Waals surface area contributed by atoms with Gasteiger partial charge in [0.05, 0.1) is 6.54 Å². The molecule has 0 aliphatic carbocycles. The van der Waals surface area contributed by atoms with Crippen LogP contribution in [-0.2, 0) is 11.3 Å². The molecule has 0 atom stereocenters. The third-order valence-corrected chi connectivity index (χ3v) is 2.49. The number of hydrogen-bond acceptors (Lipinski definition) is 3. The highest BCUT2D eigenvalue weighted by atomic mass is 16.4. The van der Waals surface area contributed by atoms with Crippen LogP contribution in [0.2, 0.25) is 0 Å². The van der Waals surface area contributed by atoms with Crippen LogP contribution in [0.5, 0.6) is 0 Å². The molecule has 0 aliphatic rings. The summed E-state index contributed by atoms with van der Waals surface area (Å²) in [6.07, 6.45) is 3.40. The molecular weight excluding hydrogens is 228 g/mol. The zero-order valence-electron chi connectivity index (χ0n) is 9.76. The van der Waals surface area contributed by atoms with E-state index in [1.807, 2.05) is 30.3 Å². The highest BCUT2D eigenvalue weighted by Crippen LogP contribution is 2.17. The number of nitrogens with zero attached hydrogens (tertiary/aromatic N) is 1. The highest BCUT2D eigenvalue weighted by molar-refractivity contribution is 5.69. The fourth-order valence-corrected chi connectivity index (χ4v) is 1.61. The number of carbonyl (C=O) groups is 1. The van der Waals surface area contributed by atoms with E-state index >= 15 is 0 Å². The van der Waals surface area contributed by atoms with Crippen LogP contribution in [0.1, 0.15) is 5.56 Å². The Kier molecular flexibility index (Phi) is 4.04. The fourth-order valence-electron chi connectivity index (χ4n) is 1.61. The van der Waals surface area contributed by atoms with Gasteiger partial charge in [0.15, 0.2) is 0 Å². The van der Waals surface area contributed by atoms with Gasteiger partial charge < -0.3 is 10.4 Å². The molecule has 0 fully saturated rings.